The zero-order chi connectivity index (χ0) is 9.03. The van der Waals surface area contributed by atoms with E-state index in [1.807, 2.05) is 18.2 Å². The summed E-state index contributed by atoms with van der Waals surface area (Å²) in [7, 11) is 0. The summed E-state index contributed by atoms with van der Waals surface area (Å²) in [6.45, 7) is 5.11. The molecule has 2 nitrogen and oxygen atoms in total. The summed E-state index contributed by atoms with van der Waals surface area (Å²) in [5.41, 5.74) is 0.735. The zero-order valence-electron chi connectivity index (χ0n) is 7.59. The van der Waals surface area contributed by atoms with Gasteiger partial charge in [-0.25, -0.2) is 0 Å². The molecule has 1 atom stereocenters. The molecule has 0 fully saturated rings. The van der Waals surface area contributed by atoms with Crippen molar-refractivity contribution in [1.29, 1.82) is 5.26 Å². The summed E-state index contributed by atoms with van der Waals surface area (Å²) < 4.78 is 0. The first-order chi connectivity index (χ1) is 5.70. The predicted octanol–water partition coefficient (Wildman–Crippen LogP) is 1.76. The zero-order valence-corrected chi connectivity index (χ0v) is 7.59. The lowest BCUT2D eigenvalue weighted by molar-refractivity contribution is 0.449. The molecule has 0 spiro atoms. The first-order valence-electron chi connectivity index (χ1n) is 4.25. The van der Waals surface area contributed by atoms with Gasteiger partial charge in [0.05, 0.1) is 6.07 Å². The number of hydrogen-bond acceptors (Lipinski definition) is 2. The number of nitriles is 1. The number of hydrogen-bond donors (Lipinski definition) is 1. The van der Waals surface area contributed by atoms with E-state index in [-0.39, 0.29) is 5.54 Å². The van der Waals surface area contributed by atoms with E-state index >= 15 is 0 Å². The van der Waals surface area contributed by atoms with Crippen molar-refractivity contribution in [3.8, 4) is 6.07 Å². The maximum atomic E-state index is 8.69. The number of allylic oxidation sites excluding steroid dienone is 2. The molecule has 2 heteroatoms. The van der Waals surface area contributed by atoms with Crippen LogP contribution in [0.2, 0.25) is 0 Å². The molecular weight excluding hydrogens is 148 g/mol. The summed E-state index contributed by atoms with van der Waals surface area (Å²) in [4.78, 5) is 0. The van der Waals surface area contributed by atoms with Crippen LogP contribution in [0.5, 0.6) is 0 Å². The molecule has 1 aliphatic rings. The summed E-state index contributed by atoms with van der Waals surface area (Å²) in [6, 6.07) is 2.15. The Morgan fingerprint density at radius 1 is 1.75 bits per heavy atom. The molecule has 64 valence electrons. The van der Waals surface area contributed by atoms with Gasteiger partial charge in [-0.3, -0.25) is 0 Å². The largest absolute Gasteiger partial charge is 0.308 e. The fourth-order valence-electron chi connectivity index (χ4n) is 1.48. The van der Waals surface area contributed by atoms with Gasteiger partial charge in [0.2, 0.25) is 0 Å². The van der Waals surface area contributed by atoms with Crippen molar-refractivity contribution >= 4 is 0 Å². The lowest BCUT2D eigenvalue weighted by Crippen LogP contribution is -2.40. The van der Waals surface area contributed by atoms with E-state index in [0.29, 0.717) is 0 Å². The number of likely N-dealkylation sites (N-methyl/N-ethyl adjacent to an activating group) is 1. The molecule has 1 unspecified atom stereocenters. The van der Waals surface area contributed by atoms with Gasteiger partial charge in [0, 0.05) is 11.1 Å². The summed E-state index contributed by atoms with van der Waals surface area (Å²) in [5, 5.41) is 12.0. The molecule has 0 saturated heterocycles. The van der Waals surface area contributed by atoms with E-state index in [2.05, 4.69) is 25.2 Å². The highest BCUT2D eigenvalue weighted by molar-refractivity contribution is 5.39. The minimum atomic E-state index is -0.0193. The predicted molar refractivity (Wildman–Crippen MR) is 49.5 cm³/mol. The Morgan fingerprint density at radius 2 is 2.50 bits per heavy atom. The van der Waals surface area contributed by atoms with Gasteiger partial charge in [-0.2, -0.15) is 5.26 Å². The monoisotopic (exact) mass is 162 g/mol. The van der Waals surface area contributed by atoms with E-state index in [4.69, 9.17) is 5.26 Å². The highest BCUT2D eigenvalue weighted by Gasteiger charge is 2.21. The van der Waals surface area contributed by atoms with Crippen LogP contribution in [0.25, 0.3) is 0 Å². The van der Waals surface area contributed by atoms with Crippen LogP contribution in [0.3, 0.4) is 0 Å². The third kappa shape index (κ3) is 1.96. The molecule has 0 radical (unpaired) electrons. The maximum absolute atomic E-state index is 8.69. The summed E-state index contributed by atoms with van der Waals surface area (Å²) in [5.74, 6) is 0. The minimum Gasteiger partial charge on any atom is -0.308 e. The van der Waals surface area contributed by atoms with Crippen LogP contribution >= 0.6 is 0 Å². The molecule has 0 aliphatic heterocycles. The van der Waals surface area contributed by atoms with Crippen molar-refractivity contribution in [2.24, 2.45) is 0 Å². The average molecular weight is 162 g/mol. The molecule has 0 bridgehead atoms. The Hall–Kier alpha value is -1.07. The topological polar surface area (TPSA) is 35.8 Å². The second kappa shape index (κ2) is 3.55. The van der Waals surface area contributed by atoms with E-state index in [0.717, 1.165) is 18.5 Å². The standard InChI is InChI=1S/C10H14N2/c1-3-12-10(2)6-4-5-9(7-10)8-11/h4-5,7,12H,3,6H2,1-2H3. The molecule has 12 heavy (non-hydrogen) atoms. The normalized spacial score (nSPS) is 27.9. The fraction of sp³-hybridized carbons (Fsp3) is 0.500. The Morgan fingerprint density at radius 3 is 3.08 bits per heavy atom. The smallest absolute Gasteiger partial charge is 0.0988 e. The fourth-order valence-corrected chi connectivity index (χ4v) is 1.48. The summed E-state index contributed by atoms with van der Waals surface area (Å²) >= 11 is 0. The second-order valence-corrected chi connectivity index (χ2v) is 3.27. The van der Waals surface area contributed by atoms with Crippen LogP contribution < -0.4 is 5.32 Å². The van der Waals surface area contributed by atoms with Gasteiger partial charge in [0.25, 0.3) is 0 Å². The molecule has 0 amide bonds. The van der Waals surface area contributed by atoms with Crippen LogP contribution in [0.4, 0.5) is 0 Å². The highest BCUT2D eigenvalue weighted by Crippen LogP contribution is 2.20. The van der Waals surface area contributed by atoms with Gasteiger partial charge < -0.3 is 5.32 Å². The van der Waals surface area contributed by atoms with E-state index in [9.17, 15) is 0 Å². The van der Waals surface area contributed by atoms with Gasteiger partial charge in [-0.1, -0.05) is 13.0 Å². The molecule has 0 aromatic rings. The van der Waals surface area contributed by atoms with Crippen molar-refractivity contribution in [2.45, 2.75) is 25.8 Å². The molecule has 1 aliphatic carbocycles. The van der Waals surface area contributed by atoms with Crippen molar-refractivity contribution in [3.63, 3.8) is 0 Å². The minimum absolute atomic E-state index is 0.0193. The van der Waals surface area contributed by atoms with Crippen molar-refractivity contribution in [3.05, 3.63) is 23.8 Å². The SMILES string of the molecule is CCNC1(C)C=C(C#N)C=CC1. The van der Waals surface area contributed by atoms with Crippen molar-refractivity contribution < 1.29 is 0 Å². The number of nitrogens with zero attached hydrogens (tertiary/aromatic N) is 1. The molecule has 0 heterocycles. The van der Waals surface area contributed by atoms with Crippen LogP contribution in [0, 0.1) is 11.3 Å². The van der Waals surface area contributed by atoms with E-state index in [1.54, 1.807) is 0 Å². The molecule has 0 saturated carbocycles. The second-order valence-electron chi connectivity index (χ2n) is 3.27. The molecule has 0 aromatic heterocycles. The molecule has 1 N–H and O–H groups in total. The average Bonchev–Trinajstić information content (AvgIpc) is 2.04. The van der Waals surface area contributed by atoms with E-state index in [1.165, 1.54) is 0 Å². The Balaban J connectivity index is 2.77. The van der Waals surface area contributed by atoms with Gasteiger partial charge in [-0.05, 0) is 32.0 Å². The molecule has 1 rings (SSSR count). The van der Waals surface area contributed by atoms with Gasteiger partial charge in [-0.15, -0.1) is 0 Å². The lowest BCUT2D eigenvalue weighted by Gasteiger charge is -2.28. The Kier molecular flexibility index (Phi) is 2.67. The first kappa shape index (κ1) is 9.02. The van der Waals surface area contributed by atoms with Crippen LogP contribution in [0.15, 0.2) is 23.8 Å². The maximum Gasteiger partial charge on any atom is 0.0988 e. The van der Waals surface area contributed by atoms with Gasteiger partial charge >= 0.3 is 0 Å². The third-order valence-electron chi connectivity index (χ3n) is 2.02. The Labute approximate surface area is 73.6 Å². The molecular formula is C10H14N2. The van der Waals surface area contributed by atoms with Crippen molar-refractivity contribution in [2.75, 3.05) is 6.54 Å². The first-order valence-corrected chi connectivity index (χ1v) is 4.25. The quantitative estimate of drug-likeness (QED) is 0.671. The highest BCUT2D eigenvalue weighted by atomic mass is 14.9. The number of nitrogens with one attached hydrogen (secondary N) is 1. The van der Waals surface area contributed by atoms with Crippen LogP contribution in [-0.4, -0.2) is 12.1 Å². The molecule has 0 aromatic carbocycles. The third-order valence-corrected chi connectivity index (χ3v) is 2.02. The Bertz CT molecular complexity index is 258. The van der Waals surface area contributed by atoms with E-state index < -0.39 is 0 Å². The number of rotatable bonds is 2. The van der Waals surface area contributed by atoms with Crippen molar-refractivity contribution in [1.82, 2.24) is 5.32 Å². The van der Waals surface area contributed by atoms with Gasteiger partial charge in [0.15, 0.2) is 0 Å². The lowest BCUT2D eigenvalue weighted by atomic mass is 9.90. The summed E-state index contributed by atoms with van der Waals surface area (Å²) in [6.07, 6.45) is 6.88. The van der Waals surface area contributed by atoms with Gasteiger partial charge in [0.1, 0.15) is 0 Å². The van der Waals surface area contributed by atoms with Crippen LogP contribution in [0.1, 0.15) is 20.3 Å². The van der Waals surface area contributed by atoms with Crippen LogP contribution in [-0.2, 0) is 0 Å².